The molecule has 4 aromatic rings. The number of hydrogen-bond acceptors (Lipinski definition) is 6. The van der Waals surface area contributed by atoms with Crippen molar-refractivity contribution < 1.29 is 4.79 Å². The van der Waals surface area contributed by atoms with Crippen molar-refractivity contribution in [1.29, 1.82) is 0 Å². The van der Waals surface area contributed by atoms with E-state index in [1.807, 2.05) is 77.7 Å². The predicted molar refractivity (Wildman–Crippen MR) is 120 cm³/mol. The number of fused-ring (bicyclic) bond motifs is 1. The number of carbonyl (C=O) groups is 1. The van der Waals surface area contributed by atoms with Gasteiger partial charge >= 0.3 is 0 Å². The number of carbonyl (C=O) groups excluding carboxylic acids is 1. The lowest BCUT2D eigenvalue weighted by molar-refractivity contribution is -0.119. The highest BCUT2D eigenvalue weighted by molar-refractivity contribution is 5.89. The van der Waals surface area contributed by atoms with Crippen molar-refractivity contribution in [3.05, 3.63) is 108 Å². The minimum Gasteiger partial charge on any atom is -0.350 e. The van der Waals surface area contributed by atoms with Crippen LogP contribution in [-0.2, 0) is 11.3 Å². The Kier molecular flexibility index (Phi) is 5.40. The lowest BCUT2D eigenvalue weighted by Gasteiger charge is -2.32. The molecule has 0 saturated carbocycles. The first kappa shape index (κ1) is 19.6. The average molecular weight is 423 g/mol. The minimum absolute atomic E-state index is 0.0862. The Balaban J connectivity index is 1.47. The molecule has 0 saturated heterocycles. The van der Waals surface area contributed by atoms with Crippen LogP contribution in [0.4, 0.5) is 5.95 Å². The van der Waals surface area contributed by atoms with Gasteiger partial charge in [0.25, 0.3) is 5.95 Å². The van der Waals surface area contributed by atoms with Crippen LogP contribution in [0.2, 0.25) is 0 Å². The number of anilines is 1. The summed E-state index contributed by atoms with van der Waals surface area (Å²) in [5.41, 5.74) is 3.88. The van der Waals surface area contributed by atoms with Crippen LogP contribution in [0.3, 0.4) is 0 Å². The molecular weight excluding hydrogens is 402 g/mol. The molecule has 1 aliphatic heterocycles. The number of rotatable bonds is 6. The van der Waals surface area contributed by atoms with E-state index >= 15 is 0 Å². The molecular formula is C24H21N7O. The van der Waals surface area contributed by atoms with Gasteiger partial charge in [-0.25, -0.2) is 0 Å². The zero-order valence-corrected chi connectivity index (χ0v) is 17.2. The Bertz CT molecular complexity index is 1220. The maximum Gasteiger partial charge on any atom is 0.251 e. The molecule has 2 aromatic carbocycles. The number of nitrogens with zero attached hydrogens (tertiary/aromatic N) is 6. The molecule has 1 N–H and O–H groups in total. The van der Waals surface area contributed by atoms with Gasteiger partial charge in [-0.1, -0.05) is 71.8 Å². The Labute approximate surface area is 185 Å². The van der Waals surface area contributed by atoms with Gasteiger partial charge in [0.1, 0.15) is 12.6 Å². The monoisotopic (exact) mass is 423 g/mol. The minimum atomic E-state index is -0.175. The van der Waals surface area contributed by atoms with Crippen molar-refractivity contribution >= 4 is 17.6 Å². The van der Waals surface area contributed by atoms with E-state index in [2.05, 4.69) is 31.9 Å². The highest BCUT2D eigenvalue weighted by atomic mass is 16.2. The number of benzene rings is 2. The fraction of sp³-hybridized carbons (Fsp3) is 0.125. The highest BCUT2D eigenvalue weighted by Gasteiger charge is 2.31. The van der Waals surface area contributed by atoms with E-state index < -0.39 is 0 Å². The van der Waals surface area contributed by atoms with Crippen molar-refractivity contribution in [3.63, 3.8) is 0 Å². The summed E-state index contributed by atoms with van der Waals surface area (Å²) in [5.74, 6) is 0.389. The fourth-order valence-corrected chi connectivity index (χ4v) is 3.77. The fourth-order valence-electron chi connectivity index (χ4n) is 3.77. The van der Waals surface area contributed by atoms with Crippen molar-refractivity contribution in [2.75, 3.05) is 11.4 Å². The van der Waals surface area contributed by atoms with Gasteiger partial charge < -0.3 is 5.32 Å². The van der Waals surface area contributed by atoms with Crippen LogP contribution in [0.25, 0.3) is 5.70 Å². The summed E-state index contributed by atoms with van der Waals surface area (Å²) in [6.07, 6.45) is 5.54. The van der Waals surface area contributed by atoms with Crippen LogP contribution in [0.1, 0.15) is 22.7 Å². The second-order valence-corrected chi connectivity index (χ2v) is 7.42. The quantitative estimate of drug-likeness (QED) is 0.513. The standard InChI is InChI=1S/C24H21N7O/c32-23(26-16-18-8-7-13-25-15-18)17-30-21(19-9-3-1-4-10-19)14-22(20-11-5-2-6-12-20)31-24(30)27-28-29-31/h1-15,22H,16-17H2,(H,26,32)/t22-/m0/s1. The molecule has 8 nitrogen and oxygen atoms in total. The molecule has 5 rings (SSSR count). The molecule has 0 unspecified atom stereocenters. The number of nitrogens with one attached hydrogen (secondary N) is 1. The van der Waals surface area contributed by atoms with E-state index in [-0.39, 0.29) is 18.5 Å². The van der Waals surface area contributed by atoms with Crippen molar-refractivity contribution in [1.82, 2.24) is 30.5 Å². The zero-order chi connectivity index (χ0) is 21.8. The Morgan fingerprint density at radius 2 is 1.75 bits per heavy atom. The molecule has 8 heteroatoms. The number of pyridine rings is 1. The van der Waals surface area contributed by atoms with Crippen LogP contribution in [0, 0.1) is 0 Å². The molecule has 0 fully saturated rings. The first-order valence-corrected chi connectivity index (χ1v) is 10.3. The molecule has 2 aromatic heterocycles. The molecule has 3 heterocycles. The third kappa shape index (κ3) is 3.98. The second-order valence-electron chi connectivity index (χ2n) is 7.42. The summed E-state index contributed by atoms with van der Waals surface area (Å²) in [6, 6.07) is 23.6. The highest BCUT2D eigenvalue weighted by Crippen LogP contribution is 2.35. The molecule has 32 heavy (non-hydrogen) atoms. The van der Waals surface area contributed by atoms with Gasteiger partial charge in [-0.05, 0) is 39.3 Å². The summed E-state index contributed by atoms with van der Waals surface area (Å²) in [6.45, 7) is 0.491. The van der Waals surface area contributed by atoms with Gasteiger partial charge in [-0.15, -0.1) is 0 Å². The van der Waals surface area contributed by atoms with Crippen molar-refractivity contribution in [3.8, 4) is 0 Å². The van der Waals surface area contributed by atoms with E-state index in [4.69, 9.17) is 0 Å². The SMILES string of the molecule is O=C(CN1C(c2ccccc2)=C[C@@H](c2ccccc2)n2nnnc21)NCc1cccnc1. The summed E-state index contributed by atoms with van der Waals surface area (Å²) in [4.78, 5) is 18.8. The largest absolute Gasteiger partial charge is 0.350 e. The maximum atomic E-state index is 12.9. The van der Waals surface area contributed by atoms with Gasteiger partial charge in [0.15, 0.2) is 0 Å². The molecule has 158 valence electrons. The van der Waals surface area contributed by atoms with Gasteiger partial charge in [0, 0.05) is 18.9 Å². The normalized spacial score (nSPS) is 15.1. The Morgan fingerprint density at radius 1 is 0.969 bits per heavy atom. The van der Waals surface area contributed by atoms with Crippen LogP contribution in [-0.4, -0.2) is 37.6 Å². The van der Waals surface area contributed by atoms with Crippen molar-refractivity contribution in [2.45, 2.75) is 12.6 Å². The van der Waals surface area contributed by atoms with E-state index in [0.29, 0.717) is 12.5 Å². The number of tetrazole rings is 1. The molecule has 1 aliphatic rings. The summed E-state index contributed by atoms with van der Waals surface area (Å²) < 4.78 is 1.75. The van der Waals surface area contributed by atoms with Gasteiger partial charge in [0.2, 0.25) is 5.91 Å². The third-order valence-electron chi connectivity index (χ3n) is 5.31. The average Bonchev–Trinajstić information content (AvgIpc) is 3.35. The Hall–Kier alpha value is -4.33. The number of amides is 1. The van der Waals surface area contributed by atoms with Crippen LogP contribution < -0.4 is 10.2 Å². The first-order valence-electron chi connectivity index (χ1n) is 10.3. The summed E-state index contributed by atoms with van der Waals surface area (Å²) >= 11 is 0. The second kappa shape index (κ2) is 8.81. The molecule has 0 aliphatic carbocycles. The van der Waals surface area contributed by atoms with E-state index in [9.17, 15) is 4.79 Å². The molecule has 0 spiro atoms. The van der Waals surface area contributed by atoms with Gasteiger partial charge in [-0.2, -0.15) is 4.68 Å². The number of aromatic nitrogens is 5. The maximum absolute atomic E-state index is 12.9. The first-order chi connectivity index (χ1) is 15.8. The summed E-state index contributed by atoms with van der Waals surface area (Å²) in [7, 11) is 0. The van der Waals surface area contributed by atoms with Crippen LogP contribution >= 0.6 is 0 Å². The predicted octanol–water partition coefficient (Wildman–Crippen LogP) is 2.84. The summed E-state index contributed by atoms with van der Waals surface area (Å²) in [5, 5.41) is 15.3. The lowest BCUT2D eigenvalue weighted by atomic mass is 10.0. The topological polar surface area (TPSA) is 88.8 Å². The van der Waals surface area contributed by atoms with Gasteiger partial charge in [-0.3, -0.25) is 14.7 Å². The lowest BCUT2D eigenvalue weighted by Crippen LogP contribution is -2.39. The van der Waals surface area contributed by atoms with E-state index in [1.54, 1.807) is 17.1 Å². The smallest absolute Gasteiger partial charge is 0.251 e. The molecule has 0 radical (unpaired) electrons. The molecule has 1 amide bonds. The van der Waals surface area contributed by atoms with Crippen LogP contribution in [0.15, 0.2) is 91.3 Å². The number of hydrogen-bond donors (Lipinski definition) is 1. The zero-order valence-electron chi connectivity index (χ0n) is 17.2. The van der Waals surface area contributed by atoms with E-state index in [0.717, 1.165) is 22.4 Å². The third-order valence-corrected chi connectivity index (χ3v) is 5.31. The van der Waals surface area contributed by atoms with Crippen molar-refractivity contribution in [2.24, 2.45) is 0 Å². The number of allylic oxidation sites excluding steroid dienone is 1. The van der Waals surface area contributed by atoms with E-state index in [1.165, 1.54) is 0 Å². The molecule has 1 atom stereocenters. The van der Waals surface area contributed by atoms with Crippen LogP contribution in [0.5, 0.6) is 0 Å². The molecule has 0 bridgehead atoms. The van der Waals surface area contributed by atoms with Gasteiger partial charge in [0.05, 0.1) is 5.70 Å². The Morgan fingerprint density at radius 3 is 2.50 bits per heavy atom.